The van der Waals surface area contributed by atoms with E-state index in [0.717, 1.165) is 5.69 Å². The van der Waals surface area contributed by atoms with E-state index in [4.69, 9.17) is 4.74 Å². The number of rotatable bonds is 4. The molecule has 0 saturated carbocycles. The molecule has 0 saturated heterocycles. The van der Waals surface area contributed by atoms with E-state index in [1.807, 2.05) is 27.7 Å². The van der Waals surface area contributed by atoms with Gasteiger partial charge in [0.2, 0.25) is 0 Å². The fraction of sp³-hybridized carbons (Fsp3) is 0.533. The van der Waals surface area contributed by atoms with Crippen LogP contribution in [-0.2, 0) is 4.74 Å². The summed E-state index contributed by atoms with van der Waals surface area (Å²) in [5, 5.41) is 5.88. The third-order valence-corrected chi connectivity index (χ3v) is 2.52. The number of carbonyl (C=O) groups is 1. The third kappa shape index (κ3) is 5.91. The van der Waals surface area contributed by atoms with E-state index in [0.29, 0.717) is 12.1 Å². The van der Waals surface area contributed by atoms with Gasteiger partial charge in [0.05, 0.1) is 0 Å². The molecule has 0 aromatic heterocycles. The van der Waals surface area contributed by atoms with Crippen LogP contribution in [0.25, 0.3) is 0 Å². The van der Waals surface area contributed by atoms with Crippen LogP contribution in [-0.4, -0.2) is 24.3 Å². The molecule has 0 aliphatic rings. The number of alkyl carbamates (subject to hydrolysis) is 1. The highest BCUT2D eigenvalue weighted by Gasteiger charge is 2.16. The van der Waals surface area contributed by atoms with Crippen molar-refractivity contribution in [1.82, 2.24) is 5.32 Å². The van der Waals surface area contributed by atoms with Gasteiger partial charge in [0.15, 0.2) is 0 Å². The van der Waals surface area contributed by atoms with Gasteiger partial charge in [-0.2, -0.15) is 0 Å². The minimum absolute atomic E-state index is 0.00683. The summed E-state index contributed by atoms with van der Waals surface area (Å²) in [6.07, 6.45) is -0.443. The molecule has 20 heavy (non-hydrogen) atoms. The fourth-order valence-corrected chi connectivity index (χ4v) is 1.62. The number of halogens is 1. The third-order valence-electron chi connectivity index (χ3n) is 2.52. The Labute approximate surface area is 119 Å². The van der Waals surface area contributed by atoms with Crippen molar-refractivity contribution in [3.63, 3.8) is 0 Å². The van der Waals surface area contributed by atoms with Gasteiger partial charge in [0.1, 0.15) is 11.4 Å². The molecule has 1 atom stereocenters. The van der Waals surface area contributed by atoms with Crippen molar-refractivity contribution in [3.8, 4) is 0 Å². The lowest BCUT2D eigenvalue weighted by Gasteiger charge is -2.21. The van der Waals surface area contributed by atoms with Crippen LogP contribution in [0.2, 0.25) is 0 Å². The highest BCUT2D eigenvalue weighted by molar-refractivity contribution is 5.67. The largest absolute Gasteiger partial charge is 0.444 e. The fourth-order valence-electron chi connectivity index (χ4n) is 1.62. The number of hydrogen-bond donors (Lipinski definition) is 2. The van der Waals surface area contributed by atoms with Crippen molar-refractivity contribution < 1.29 is 13.9 Å². The molecule has 0 aliphatic heterocycles. The maximum absolute atomic E-state index is 13.1. The minimum Gasteiger partial charge on any atom is -0.444 e. The van der Waals surface area contributed by atoms with Crippen LogP contribution in [0.5, 0.6) is 0 Å². The molecular weight excluding hydrogens is 259 g/mol. The highest BCUT2D eigenvalue weighted by Crippen LogP contribution is 2.14. The van der Waals surface area contributed by atoms with Gasteiger partial charge >= 0.3 is 6.09 Å². The highest BCUT2D eigenvalue weighted by atomic mass is 19.1. The summed E-state index contributed by atoms with van der Waals surface area (Å²) in [5.74, 6) is -0.227. The minimum atomic E-state index is -0.505. The summed E-state index contributed by atoms with van der Waals surface area (Å²) in [6.45, 7) is 9.51. The number of aryl methyl sites for hydroxylation is 1. The number of amides is 1. The van der Waals surface area contributed by atoms with E-state index in [-0.39, 0.29) is 11.9 Å². The Morgan fingerprint density at radius 2 is 2.05 bits per heavy atom. The number of anilines is 1. The van der Waals surface area contributed by atoms with Crippen LogP contribution in [0.1, 0.15) is 33.3 Å². The Morgan fingerprint density at radius 1 is 1.40 bits per heavy atom. The van der Waals surface area contributed by atoms with Crippen LogP contribution in [0.15, 0.2) is 18.2 Å². The Bertz CT molecular complexity index is 469. The molecule has 4 nitrogen and oxygen atoms in total. The van der Waals surface area contributed by atoms with Crippen molar-refractivity contribution in [1.29, 1.82) is 0 Å². The number of nitrogens with one attached hydrogen (secondary N) is 2. The molecule has 1 amide bonds. The van der Waals surface area contributed by atoms with Crippen molar-refractivity contribution in [3.05, 3.63) is 29.6 Å². The lowest BCUT2D eigenvalue weighted by molar-refractivity contribution is 0.0526. The van der Waals surface area contributed by atoms with E-state index in [1.54, 1.807) is 19.1 Å². The summed E-state index contributed by atoms with van der Waals surface area (Å²) in [6, 6.07) is 4.84. The SMILES string of the molecule is Cc1cc(NC(C)CNC(=O)OC(C)(C)C)ccc1F. The molecule has 1 unspecified atom stereocenters. The predicted molar refractivity (Wildman–Crippen MR) is 78.5 cm³/mol. The monoisotopic (exact) mass is 282 g/mol. The first-order chi connectivity index (χ1) is 9.17. The van der Waals surface area contributed by atoms with Gasteiger partial charge in [-0.15, -0.1) is 0 Å². The standard InChI is InChI=1S/C15H23FN2O2/c1-10-8-12(6-7-13(10)16)18-11(2)9-17-14(19)20-15(3,4)5/h6-8,11,18H,9H2,1-5H3,(H,17,19). The number of carbonyl (C=O) groups excluding carboxylic acids is 1. The zero-order valence-corrected chi connectivity index (χ0v) is 12.7. The van der Waals surface area contributed by atoms with Crippen molar-refractivity contribution >= 4 is 11.8 Å². The molecule has 5 heteroatoms. The van der Waals surface area contributed by atoms with Crippen LogP contribution in [0.3, 0.4) is 0 Å². The molecule has 1 aromatic rings. The Balaban J connectivity index is 2.42. The van der Waals surface area contributed by atoms with Gasteiger partial charge in [-0.25, -0.2) is 9.18 Å². The zero-order valence-electron chi connectivity index (χ0n) is 12.7. The van der Waals surface area contributed by atoms with E-state index in [1.165, 1.54) is 6.07 Å². The molecule has 0 heterocycles. The van der Waals surface area contributed by atoms with Crippen molar-refractivity contribution in [2.45, 2.75) is 46.3 Å². The van der Waals surface area contributed by atoms with Crippen molar-refractivity contribution in [2.24, 2.45) is 0 Å². The first kappa shape index (κ1) is 16.3. The van der Waals surface area contributed by atoms with Gasteiger partial charge in [-0.05, 0) is 58.4 Å². The second kappa shape index (κ2) is 6.59. The molecule has 1 rings (SSSR count). The Hall–Kier alpha value is -1.78. The number of benzene rings is 1. The maximum Gasteiger partial charge on any atom is 0.407 e. The van der Waals surface area contributed by atoms with Gasteiger partial charge < -0.3 is 15.4 Å². The molecule has 0 fully saturated rings. The summed E-state index contributed by atoms with van der Waals surface area (Å²) in [5.41, 5.74) is 0.902. The van der Waals surface area contributed by atoms with Crippen LogP contribution >= 0.6 is 0 Å². The molecular formula is C15H23FN2O2. The summed E-state index contributed by atoms with van der Waals surface area (Å²) >= 11 is 0. The normalized spacial score (nSPS) is 12.7. The second-order valence-electron chi connectivity index (χ2n) is 5.89. The van der Waals surface area contributed by atoms with Crippen molar-refractivity contribution in [2.75, 3.05) is 11.9 Å². The first-order valence-electron chi connectivity index (χ1n) is 6.67. The quantitative estimate of drug-likeness (QED) is 0.889. The lowest BCUT2D eigenvalue weighted by Crippen LogP contribution is -2.38. The number of ether oxygens (including phenoxy) is 1. The van der Waals surface area contributed by atoms with Crippen LogP contribution in [0, 0.1) is 12.7 Å². The van der Waals surface area contributed by atoms with E-state index in [2.05, 4.69) is 10.6 Å². The average Bonchev–Trinajstić information content (AvgIpc) is 2.29. The van der Waals surface area contributed by atoms with Crippen LogP contribution < -0.4 is 10.6 Å². The molecule has 1 aromatic carbocycles. The Morgan fingerprint density at radius 3 is 2.60 bits per heavy atom. The summed E-state index contributed by atoms with van der Waals surface area (Å²) in [4.78, 5) is 11.5. The predicted octanol–water partition coefficient (Wildman–Crippen LogP) is 3.46. The van der Waals surface area contributed by atoms with Gasteiger partial charge in [-0.1, -0.05) is 0 Å². The van der Waals surface area contributed by atoms with E-state index >= 15 is 0 Å². The van der Waals surface area contributed by atoms with Crippen LogP contribution in [0.4, 0.5) is 14.9 Å². The summed E-state index contributed by atoms with van der Waals surface area (Å²) < 4.78 is 18.3. The smallest absolute Gasteiger partial charge is 0.407 e. The topological polar surface area (TPSA) is 50.4 Å². The van der Waals surface area contributed by atoms with Gasteiger partial charge in [-0.3, -0.25) is 0 Å². The van der Waals surface area contributed by atoms with Gasteiger partial charge in [0, 0.05) is 18.3 Å². The molecule has 0 spiro atoms. The summed E-state index contributed by atoms with van der Waals surface area (Å²) in [7, 11) is 0. The lowest BCUT2D eigenvalue weighted by atomic mass is 10.2. The van der Waals surface area contributed by atoms with Gasteiger partial charge in [0.25, 0.3) is 0 Å². The second-order valence-corrected chi connectivity index (χ2v) is 5.89. The zero-order chi connectivity index (χ0) is 15.3. The van der Waals surface area contributed by atoms with E-state index in [9.17, 15) is 9.18 Å². The molecule has 2 N–H and O–H groups in total. The number of hydrogen-bond acceptors (Lipinski definition) is 3. The first-order valence-corrected chi connectivity index (χ1v) is 6.67. The Kier molecular flexibility index (Phi) is 5.36. The maximum atomic E-state index is 13.1. The molecule has 112 valence electrons. The molecule has 0 aliphatic carbocycles. The molecule has 0 radical (unpaired) electrons. The van der Waals surface area contributed by atoms with E-state index < -0.39 is 11.7 Å². The molecule has 0 bridgehead atoms. The average molecular weight is 282 g/mol.